The van der Waals surface area contributed by atoms with Gasteiger partial charge in [0.1, 0.15) is 0 Å². The van der Waals surface area contributed by atoms with Gasteiger partial charge in [0.25, 0.3) is 0 Å². The van der Waals surface area contributed by atoms with Gasteiger partial charge in [-0.1, -0.05) is 31.2 Å². The molecule has 1 rings (SSSR count). The minimum absolute atomic E-state index is 0.0175. The third-order valence-electron chi connectivity index (χ3n) is 2.71. The predicted octanol–water partition coefficient (Wildman–Crippen LogP) is 0.330. The minimum atomic E-state index is -0.174. The highest BCUT2D eigenvalue weighted by Gasteiger charge is 2.08. The van der Waals surface area contributed by atoms with Crippen LogP contribution in [0.3, 0.4) is 0 Å². The first-order chi connectivity index (χ1) is 9.17. The second-order valence-corrected chi connectivity index (χ2v) is 4.28. The average Bonchev–Trinajstić information content (AvgIpc) is 2.43. The normalized spacial score (nSPS) is 10.0. The Morgan fingerprint density at radius 2 is 1.79 bits per heavy atom. The van der Waals surface area contributed by atoms with E-state index in [1.54, 1.807) is 0 Å². The highest BCUT2D eigenvalue weighted by Crippen LogP contribution is 2.08. The number of nitrogens with one attached hydrogen (secondary N) is 2. The number of benzene rings is 1. The van der Waals surface area contributed by atoms with Gasteiger partial charge in [-0.05, 0) is 17.5 Å². The first kappa shape index (κ1) is 15.2. The molecule has 4 N–H and O–H groups in total. The first-order valence-electron chi connectivity index (χ1n) is 6.47. The van der Waals surface area contributed by atoms with Crippen molar-refractivity contribution in [1.82, 2.24) is 10.6 Å². The van der Waals surface area contributed by atoms with Crippen LogP contribution in [0.15, 0.2) is 24.3 Å². The molecule has 0 aliphatic carbocycles. The van der Waals surface area contributed by atoms with Crippen molar-refractivity contribution >= 4 is 11.8 Å². The molecule has 0 radical (unpaired) electrons. The molecule has 0 aliphatic heterocycles. The lowest BCUT2D eigenvalue weighted by Gasteiger charge is -2.08. The topological polar surface area (TPSA) is 84.2 Å². The van der Waals surface area contributed by atoms with Crippen LogP contribution < -0.4 is 16.4 Å². The van der Waals surface area contributed by atoms with Crippen LogP contribution in [-0.4, -0.2) is 24.9 Å². The second-order valence-electron chi connectivity index (χ2n) is 4.28. The molecular weight excluding hydrogens is 242 g/mol. The van der Waals surface area contributed by atoms with Gasteiger partial charge in [-0.2, -0.15) is 0 Å². The van der Waals surface area contributed by atoms with Gasteiger partial charge < -0.3 is 16.4 Å². The molecule has 0 bridgehead atoms. The number of hydrogen-bond acceptors (Lipinski definition) is 3. The quantitative estimate of drug-likeness (QED) is 0.663. The molecule has 0 fully saturated rings. The van der Waals surface area contributed by atoms with Crippen molar-refractivity contribution in [2.75, 3.05) is 13.1 Å². The number of carbonyl (C=O) groups excluding carboxylic acids is 2. The lowest BCUT2D eigenvalue weighted by molar-refractivity contribution is -0.125. The summed E-state index contributed by atoms with van der Waals surface area (Å²) >= 11 is 0. The Kier molecular flexibility index (Phi) is 6.60. The first-order valence-corrected chi connectivity index (χ1v) is 6.47. The molecule has 0 unspecified atom stereocenters. The molecule has 1 aromatic rings. The number of carbonyl (C=O) groups is 2. The van der Waals surface area contributed by atoms with E-state index in [2.05, 4.69) is 10.6 Å². The maximum atomic E-state index is 11.7. The lowest BCUT2D eigenvalue weighted by Crippen LogP contribution is -2.37. The summed E-state index contributed by atoms with van der Waals surface area (Å²) in [6, 6.07) is 7.53. The van der Waals surface area contributed by atoms with Gasteiger partial charge >= 0.3 is 0 Å². The molecule has 0 heterocycles. The third-order valence-corrected chi connectivity index (χ3v) is 2.71. The summed E-state index contributed by atoms with van der Waals surface area (Å²) < 4.78 is 0. The fourth-order valence-electron chi connectivity index (χ4n) is 1.67. The van der Waals surface area contributed by atoms with E-state index in [0.29, 0.717) is 13.1 Å². The highest BCUT2D eigenvalue weighted by molar-refractivity contribution is 5.85. The van der Waals surface area contributed by atoms with Crippen LogP contribution in [0.5, 0.6) is 0 Å². The number of nitrogens with two attached hydrogens (primary N) is 1. The summed E-state index contributed by atoms with van der Waals surface area (Å²) in [7, 11) is 0. The van der Waals surface area contributed by atoms with Crippen molar-refractivity contribution in [3.63, 3.8) is 0 Å². The van der Waals surface area contributed by atoms with Crippen molar-refractivity contribution in [1.29, 1.82) is 0 Å². The Labute approximate surface area is 113 Å². The summed E-state index contributed by atoms with van der Waals surface area (Å²) in [4.78, 5) is 23.1. The molecule has 5 nitrogen and oxygen atoms in total. The Morgan fingerprint density at radius 3 is 2.42 bits per heavy atom. The second kappa shape index (κ2) is 8.26. The zero-order chi connectivity index (χ0) is 14.1. The van der Waals surface area contributed by atoms with Gasteiger partial charge in [0.15, 0.2) is 0 Å². The summed E-state index contributed by atoms with van der Waals surface area (Å²) in [6.07, 6.45) is 1.12. The van der Waals surface area contributed by atoms with Crippen molar-refractivity contribution in [3.05, 3.63) is 35.4 Å². The Morgan fingerprint density at radius 1 is 1.11 bits per heavy atom. The van der Waals surface area contributed by atoms with Crippen LogP contribution in [-0.2, 0) is 22.6 Å². The lowest BCUT2D eigenvalue weighted by atomic mass is 10.0. The largest absolute Gasteiger partial charge is 0.355 e. The minimum Gasteiger partial charge on any atom is -0.355 e. The molecule has 1 aromatic carbocycles. The molecule has 104 valence electrons. The zero-order valence-corrected chi connectivity index (χ0v) is 11.2. The van der Waals surface area contributed by atoms with Gasteiger partial charge in [-0.3, -0.25) is 9.59 Å². The van der Waals surface area contributed by atoms with E-state index in [1.807, 2.05) is 31.2 Å². The van der Waals surface area contributed by atoms with Crippen molar-refractivity contribution in [2.24, 2.45) is 5.73 Å². The van der Waals surface area contributed by atoms with Gasteiger partial charge in [0.05, 0.1) is 13.0 Å². The van der Waals surface area contributed by atoms with E-state index >= 15 is 0 Å². The standard InChI is InChI=1S/C14H21N3O2/c1-2-7-16-14(19)10-17-13(18)8-11-5-3-4-6-12(11)9-15/h3-6H,2,7-10,15H2,1H3,(H,16,19)(H,17,18). The van der Waals surface area contributed by atoms with E-state index < -0.39 is 0 Å². The van der Waals surface area contributed by atoms with Crippen LogP contribution in [0.4, 0.5) is 0 Å². The van der Waals surface area contributed by atoms with Gasteiger partial charge in [-0.15, -0.1) is 0 Å². The Hall–Kier alpha value is -1.88. The molecule has 0 aromatic heterocycles. The Bertz CT molecular complexity index is 432. The highest BCUT2D eigenvalue weighted by atomic mass is 16.2. The fourth-order valence-corrected chi connectivity index (χ4v) is 1.67. The van der Waals surface area contributed by atoms with Crippen LogP contribution in [0, 0.1) is 0 Å². The molecule has 0 saturated heterocycles. The molecule has 0 spiro atoms. The molecule has 19 heavy (non-hydrogen) atoms. The maximum Gasteiger partial charge on any atom is 0.239 e. The third kappa shape index (κ3) is 5.52. The van der Waals surface area contributed by atoms with Crippen LogP contribution in [0.2, 0.25) is 0 Å². The van der Waals surface area contributed by atoms with Crippen molar-refractivity contribution in [2.45, 2.75) is 26.3 Å². The van der Waals surface area contributed by atoms with Gasteiger partial charge in [0.2, 0.25) is 11.8 Å². The number of rotatable bonds is 7. The number of amides is 2. The van der Waals surface area contributed by atoms with Crippen molar-refractivity contribution < 1.29 is 9.59 Å². The van der Waals surface area contributed by atoms with Gasteiger partial charge in [0, 0.05) is 13.1 Å². The van der Waals surface area contributed by atoms with E-state index in [1.165, 1.54) is 0 Å². The van der Waals surface area contributed by atoms with Crippen molar-refractivity contribution in [3.8, 4) is 0 Å². The molecule has 2 amide bonds. The summed E-state index contributed by atoms with van der Waals surface area (Å²) in [5, 5.41) is 5.30. The molecular formula is C14H21N3O2. The summed E-state index contributed by atoms with van der Waals surface area (Å²) in [5.74, 6) is -0.338. The smallest absolute Gasteiger partial charge is 0.239 e. The van der Waals surface area contributed by atoms with E-state index in [4.69, 9.17) is 5.73 Å². The summed E-state index contributed by atoms with van der Waals surface area (Å²) in [5.41, 5.74) is 7.46. The molecule has 5 heteroatoms. The van der Waals surface area contributed by atoms with E-state index in [9.17, 15) is 9.59 Å². The SMILES string of the molecule is CCCNC(=O)CNC(=O)Cc1ccccc1CN. The maximum absolute atomic E-state index is 11.7. The Balaban J connectivity index is 2.41. The predicted molar refractivity (Wildman–Crippen MR) is 74.3 cm³/mol. The van der Waals surface area contributed by atoms with Gasteiger partial charge in [-0.25, -0.2) is 0 Å². The van der Waals surface area contributed by atoms with Crippen LogP contribution in [0.25, 0.3) is 0 Å². The van der Waals surface area contributed by atoms with Crippen LogP contribution >= 0.6 is 0 Å². The van der Waals surface area contributed by atoms with E-state index in [0.717, 1.165) is 17.5 Å². The monoisotopic (exact) mass is 263 g/mol. The molecule has 0 aliphatic rings. The van der Waals surface area contributed by atoms with E-state index in [-0.39, 0.29) is 24.8 Å². The molecule has 0 saturated carbocycles. The zero-order valence-electron chi connectivity index (χ0n) is 11.2. The average molecular weight is 263 g/mol. The number of hydrogen-bond donors (Lipinski definition) is 3. The summed E-state index contributed by atoms with van der Waals surface area (Å²) in [6.45, 7) is 3.03. The van der Waals surface area contributed by atoms with Crippen LogP contribution in [0.1, 0.15) is 24.5 Å². The fraction of sp³-hybridized carbons (Fsp3) is 0.429. The molecule has 0 atom stereocenters.